The summed E-state index contributed by atoms with van der Waals surface area (Å²) in [5.74, 6) is 0. The summed E-state index contributed by atoms with van der Waals surface area (Å²) < 4.78 is 0. The van der Waals surface area contributed by atoms with Crippen LogP contribution in [0.25, 0.3) is 0 Å². The molecule has 100 valence electrons. The molecule has 3 rings (SSSR count). The molecule has 3 aliphatic rings. The van der Waals surface area contributed by atoms with Crippen molar-refractivity contribution in [1.29, 1.82) is 0 Å². The molecule has 2 aliphatic heterocycles. The Morgan fingerprint density at radius 1 is 1.06 bits per heavy atom. The molecule has 2 nitrogen and oxygen atoms in total. The van der Waals surface area contributed by atoms with Crippen LogP contribution in [0.1, 0.15) is 45.4 Å². The monoisotopic (exact) mass is 258 g/mol. The lowest BCUT2D eigenvalue weighted by Crippen LogP contribution is -2.42. The molecule has 0 aromatic carbocycles. The highest BCUT2D eigenvalue weighted by Crippen LogP contribution is 2.44. The summed E-state index contributed by atoms with van der Waals surface area (Å²) >= 11 is 0. The van der Waals surface area contributed by atoms with E-state index in [1.54, 1.807) is 0 Å². The van der Waals surface area contributed by atoms with Crippen molar-refractivity contribution in [2.75, 3.05) is 32.7 Å². The molecule has 0 amide bonds. The van der Waals surface area contributed by atoms with Crippen LogP contribution >= 0.6 is 12.4 Å². The second-order valence-electron chi connectivity index (χ2n) is 6.87. The molecule has 1 spiro atoms. The number of halogens is 1. The normalized spacial score (nSPS) is 30.9. The van der Waals surface area contributed by atoms with Gasteiger partial charge in [0.25, 0.3) is 0 Å². The van der Waals surface area contributed by atoms with Crippen molar-refractivity contribution in [3.63, 3.8) is 0 Å². The van der Waals surface area contributed by atoms with Crippen LogP contribution in [0.4, 0.5) is 0 Å². The average molecular weight is 259 g/mol. The maximum Gasteiger partial charge on any atom is 0.00396 e. The summed E-state index contributed by atoms with van der Waals surface area (Å²) in [6.45, 7) is 9.14. The van der Waals surface area contributed by atoms with Gasteiger partial charge in [0.05, 0.1) is 0 Å². The van der Waals surface area contributed by atoms with Gasteiger partial charge in [0, 0.05) is 13.1 Å². The van der Waals surface area contributed by atoms with Crippen LogP contribution in [-0.2, 0) is 0 Å². The molecule has 2 heterocycles. The van der Waals surface area contributed by atoms with Gasteiger partial charge >= 0.3 is 0 Å². The molecule has 0 radical (unpaired) electrons. The molecule has 0 aromatic rings. The molecule has 0 bridgehead atoms. The molecule has 3 heteroatoms. The number of piperidine rings is 1. The summed E-state index contributed by atoms with van der Waals surface area (Å²) in [5.41, 5.74) is 1.38. The molecule has 3 fully saturated rings. The lowest BCUT2D eigenvalue weighted by atomic mass is 9.70. The summed E-state index contributed by atoms with van der Waals surface area (Å²) in [5, 5.41) is 3.50. The first-order valence-electron chi connectivity index (χ1n) is 7.13. The first-order valence-corrected chi connectivity index (χ1v) is 7.13. The van der Waals surface area contributed by atoms with Crippen LogP contribution in [-0.4, -0.2) is 37.6 Å². The maximum atomic E-state index is 3.50. The molecule has 0 unspecified atom stereocenters. The first-order chi connectivity index (χ1) is 7.70. The summed E-state index contributed by atoms with van der Waals surface area (Å²) in [7, 11) is 0. The number of hydrogen-bond acceptors (Lipinski definition) is 2. The smallest absolute Gasteiger partial charge is 0.00396 e. The molecule has 0 atom stereocenters. The van der Waals surface area contributed by atoms with Crippen LogP contribution in [0.2, 0.25) is 0 Å². The third kappa shape index (κ3) is 2.80. The molecule has 2 saturated heterocycles. The van der Waals surface area contributed by atoms with Crippen molar-refractivity contribution in [2.24, 2.45) is 10.8 Å². The van der Waals surface area contributed by atoms with E-state index in [2.05, 4.69) is 17.1 Å². The van der Waals surface area contributed by atoms with E-state index in [9.17, 15) is 0 Å². The third-order valence-corrected chi connectivity index (χ3v) is 5.35. The zero-order valence-electron chi connectivity index (χ0n) is 11.1. The van der Waals surface area contributed by atoms with Crippen LogP contribution in [0.3, 0.4) is 0 Å². The predicted molar refractivity (Wildman–Crippen MR) is 74.8 cm³/mol. The summed E-state index contributed by atoms with van der Waals surface area (Å²) in [6.07, 6.45) is 8.71. The van der Waals surface area contributed by atoms with Crippen molar-refractivity contribution in [1.82, 2.24) is 10.2 Å². The Bertz CT molecular complexity index is 257. The fourth-order valence-electron chi connectivity index (χ4n) is 4.01. The van der Waals surface area contributed by atoms with E-state index < -0.39 is 0 Å². The molecular formula is C14H27ClN2. The van der Waals surface area contributed by atoms with E-state index in [-0.39, 0.29) is 12.4 Å². The zero-order chi connectivity index (χ0) is 11.1. The van der Waals surface area contributed by atoms with Gasteiger partial charge in [-0.2, -0.15) is 0 Å². The lowest BCUT2D eigenvalue weighted by molar-refractivity contribution is 0.0870. The summed E-state index contributed by atoms with van der Waals surface area (Å²) in [4.78, 5) is 2.77. The largest absolute Gasteiger partial charge is 0.317 e. The van der Waals surface area contributed by atoms with E-state index >= 15 is 0 Å². The van der Waals surface area contributed by atoms with Crippen molar-refractivity contribution < 1.29 is 0 Å². The number of likely N-dealkylation sites (tertiary alicyclic amines) is 1. The Kier molecular flexibility index (Phi) is 4.06. The minimum absolute atomic E-state index is 0. The number of rotatable bonds is 2. The second-order valence-corrected chi connectivity index (χ2v) is 6.87. The van der Waals surface area contributed by atoms with Crippen LogP contribution < -0.4 is 5.32 Å². The van der Waals surface area contributed by atoms with Gasteiger partial charge in [0.2, 0.25) is 0 Å². The van der Waals surface area contributed by atoms with Gasteiger partial charge in [0.15, 0.2) is 0 Å². The highest BCUT2D eigenvalue weighted by molar-refractivity contribution is 5.85. The van der Waals surface area contributed by atoms with E-state index in [0.29, 0.717) is 10.8 Å². The third-order valence-electron chi connectivity index (χ3n) is 5.35. The molecule has 0 aromatic heterocycles. The van der Waals surface area contributed by atoms with Gasteiger partial charge in [-0.15, -0.1) is 12.4 Å². The lowest BCUT2D eigenvalue weighted by Gasteiger charge is -2.42. The predicted octanol–water partition coefficient (Wildman–Crippen LogP) is 2.67. The van der Waals surface area contributed by atoms with E-state index in [0.717, 1.165) is 0 Å². The van der Waals surface area contributed by atoms with Gasteiger partial charge in [-0.1, -0.05) is 13.3 Å². The highest BCUT2D eigenvalue weighted by Gasteiger charge is 2.42. The Morgan fingerprint density at radius 3 is 2.35 bits per heavy atom. The zero-order valence-corrected chi connectivity index (χ0v) is 12.0. The van der Waals surface area contributed by atoms with Crippen molar-refractivity contribution in [2.45, 2.75) is 45.4 Å². The Hall–Kier alpha value is 0.210. The van der Waals surface area contributed by atoms with Crippen LogP contribution in [0.15, 0.2) is 0 Å². The maximum absolute atomic E-state index is 3.50. The van der Waals surface area contributed by atoms with Crippen LogP contribution in [0, 0.1) is 10.8 Å². The molecule has 1 saturated carbocycles. The van der Waals surface area contributed by atoms with Crippen molar-refractivity contribution in [3.8, 4) is 0 Å². The highest BCUT2D eigenvalue weighted by atomic mass is 35.5. The molecule has 1 N–H and O–H groups in total. The molecule has 1 aliphatic carbocycles. The Labute approximate surface area is 112 Å². The summed E-state index contributed by atoms with van der Waals surface area (Å²) in [6, 6.07) is 0. The Morgan fingerprint density at radius 2 is 1.76 bits per heavy atom. The van der Waals surface area contributed by atoms with Crippen LogP contribution in [0.5, 0.6) is 0 Å². The van der Waals surface area contributed by atoms with Gasteiger partial charge in [-0.3, -0.25) is 0 Å². The average Bonchev–Trinajstić information content (AvgIpc) is 2.60. The van der Waals surface area contributed by atoms with E-state index in [4.69, 9.17) is 0 Å². The van der Waals surface area contributed by atoms with Crippen molar-refractivity contribution >= 4 is 12.4 Å². The quantitative estimate of drug-likeness (QED) is 0.819. The fourth-order valence-corrected chi connectivity index (χ4v) is 4.01. The van der Waals surface area contributed by atoms with E-state index in [1.807, 2.05) is 0 Å². The Balaban J connectivity index is 0.00000108. The topological polar surface area (TPSA) is 15.3 Å². The minimum atomic E-state index is 0. The SMILES string of the molecule is CC1(CN2CCC3(CCNCC3)C2)CCC1.Cl. The number of hydrogen-bond donors (Lipinski definition) is 1. The van der Waals surface area contributed by atoms with Gasteiger partial charge in [-0.25, -0.2) is 0 Å². The van der Waals surface area contributed by atoms with Crippen molar-refractivity contribution in [3.05, 3.63) is 0 Å². The fraction of sp³-hybridized carbons (Fsp3) is 1.00. The molecular weight excluding hydrogens is 232 g/mol. The minimum Gasteiger partial charge on any atom is -0.317 e. The van der Waals surface area contributed by atoms with E-state index in [1.165, 1.54) is 71.2 Å². The first kappa shape index (κ1) is 13.6. The van der Waals surface area contributed by atoms with Gasteiger partial charge < -0.3 is 10.2 Å². The number of nitrogens with one attached hydrogen (secondary N) is 1. The standard InChI is InChI=1S/C14H26N2.ClH/c1-13(3-2-4-13)11-16-10-7-14(12-16)5-8-15-9-6-14;/h15H,2-12H2,1H3;1H. The van der Waals surface area contributed by atoms with Gasteiger partial charge in [-0.05, 0) is 62.6 Å². The second kappa shape index (κ2) is 5.07. The van der Waals surface area contributed by atoms with Gasteiger partial charge in [0.1, 0.15) is 0 Å². The number of nitrogens with zero attached hydrogens (tertiary/aromatic N) is 1. The molecule has 17 heavy (non-hydrogen) atoms.